The molecule has 0 saturated carbocycles. The largest absolute Gasteiger partial charge is 0.282 e. The standard InChI is InChI=1S/C13H9I2N/c1-8-2-4-12-10(6-8)11-7-9(14)3-5-13(11)16(12)15/h2-7H,1H3. The SMILES string of the molecule is Cc1ccc2c(c1)c1cc(I)ccc1n2I. The third-order valence-electron chi connectivity index (χ3n) is 2.82. The summed E-state index contributed by atoms with van der Waals surface area (Å²) in [5.41, 5.74) is 3.90. The number of rotatable bonds is 0. The van der Waals surface area contributed by atoms with Crippen molar-refractivity contribution in [2.75, 3.05) is 0 Å². The Morgan fingerprint density at radius 3 is 2.31 bits per heavy atom. The van der Waals surface area contributed by atoms with Gasteiger partial charge in [-0.15, -0.1) is 0 Å². The molecule has 0 spiro atoms. The number of nitrogens with zero attached hydrogens (tertiary/aromatic N) is 1. The molecule has 0 aliphatic rings. The summed E-state index contributed by atoms with van der Waals surface area (Å²) in [5.74, 6) is 0. The highest BCUT2D eigenvalue weighted by Crippen LogP contribution is 2.32. The molecule has 0 unspecified atom stereocenters. The fourth-order valence-electron chi connectivity index (χ4n) is 2.06. The van der Waals surface area contributed by atoms with Crippen molar-refractivity contribution in [2.24, 2.45) is 0 Å². The first-order valence-electron chi connectivity index (χ1n) is 5.03. The molecule has 3 rings (SSSR count). The molecule has 0 aliphatic carbocycles. The summed E-state index contributed by atoms with van der Waals surface area (Å²) >= 11 is 4.74. The zero-order valence-electron chi connectivity index (χ0n) is 8.67. The predicted molar refractivity (Wildman–Crippen MR) is 86.3 cm³/mol. The van der Waals surface area contributed by atoms with E-state index in [4.69, 9.17) is 0 Å². The summed E-state index contributed by atoms with van der Waals surface area (Å²) in [5, 5.41) is 2.70. The van der Waals surface area contributed by atoms with E-state index in [2.05, 4.69) is 91.6 Å². The fourth-order valence-corrected chi connectivity index (χ4v) is 3.39. The van der Waals surface area contributed by atoms with E-state index in [0.29, 0.717) is 0 Å². The van der Waals surface area contributed by atoms with E-state index >= 15 is 0 Å². The number of hydrogen-bond donors (Lipinski definition) is 0. The van der Waals surface area contributed by atoms with E-state index in [-0.39, 0.29) is 0 Å². The van der Waals surface area contributed by atoms with Crippen LogP contribution in [0.15, 0.2) is 36.4 Å². The lowest BCUT2D eigenvalue weighted by molar-refractivity contribution is 1.46. The van der Waals surface area contributed by atoms with Crippen LogP contribution in [0.5, 0.6) is 0 Å². The molecule has 0 saturated heterocycles. The van der Waals surface area contributed by atoms with Crippen molar-refractivity contribution in [1.82, 2.24) is 2.78 Å². The molecule has 0 atom stereocenters. The molecular formula is C13H9I2N. The molecule has 0 fully saturated rings. The van der Waals surface area contributed by atoms with Gasteiger partial charge < -0.3 is 0 Å². The van der Waals surface area contributed by atoms with Gasteiger partial charge in [0.15, 0.2) is 0 Å². The number of halogens is 2. The van der Waals surface area contributed by atoms with Crippen LogP contribution in [-0.4, -0.2) is 2.78 Å². The molecule has 0 amide bonds. The molecule has 0 N–H and O–H groups in total. The fraction of sp³-hybridized carbons (Fsp3) is 0.0769. The van der Waals surface area contributed by atoms with Crippen molar-refractivity contribution in [2.45, 2.75) is 6.92 Å². The maximum absolute atomic E-state index is 2.37. The van der Waals surface area contributed by atoms with Crippen molar-refractivity contribution >= 4 is 67.3 Å². The van der Waals surface area contributed by atoms with Gasteiger partial charge in [-0.1, -0.05) is 11.6 Å². The second-order valence-corrected chi connectivity index (χ2v) is 6.17. The van der Waals surface area contributed by atoms with Gasteiger partial charge in [0.2, 0.25) is 0 Å². The highest BCUT2D eigenvalue weighted by Gasteiger charge is 2.08. The smallest absolute Gasteiger partial charge is 0.0646 e. The van der Waals surface area contributed by atoms with Crippen LogP contribution in [0, 0.1) is 10.5 Å². The average molecular weight is 433 g/mol. The molecule has 0 bridgehead atoms. The molecule has 1 nitrogen and oxygen atoms in total. The molecular weight excluding hydrogens is 424 g/mol. The van der Waals surface area contributed by atoms with Gasteiger partial charge in [-0.2, -0.15) is 0 Å². The first-order valence-corrected chi connectivity index (χ1v) is 7.07. The Hall–Kier alpha value is -0.300. The summed E-state index contributed by atoms with van der Waals surface area (Å²) < 4.78 is 3.52. The van der Waals surface area contributed by atoms with Gasteiger partial charge >= 0.3 is 0 Å². The topological polar surface area (TPSA) is 4.93 Å². The summed E-state index contributed by atoms with van der Waals surface area (Å²) in [7, 11) is 0. The third-order valence-corrected chi connectivity index (χ3v) is 4.53. The van der Waals surface area contributed by atoms with Crippen molar-refractivity contribution in [1.29, 1.82) is 0 Å². The minimum absolute atomic E-state index is 1.29. The van der Waals surface area contributed by atoms with Crippen molar-refractivity contribution in [3.8, 4) is 0 Å². The van der Waals surface area contributed by atoms with Gasteiger partial charge in [-0.3, -0.25) is 2.78 Å². The Morgan fingerprint density at radius 1 is 0.938 bits per heavy atom. The van der Waals surface area contributed by atoms with Gasteiger partial charge in [0.05, 0.1) is 33.9 Å². The first-order chi connectivity index (χ1) is 7.66. The van der Waals surface area contributed by atoms with Crippen LogP contribution in [0.25, 0.3) is 21.8 Å². The molecule has 80 valence electrons. The van der Waals surface area contributed by atoms with E-state index in [1.807, 2.05) is 0 Å². The highest BCUT2D eigenvalue weighted by molar-refractivity contribution is 14.1. The van der Waals surface area contributed by atoms with Gasteiger partial charge in [0.1, 0.15) is 0 Å². The van der Waals surface area contributed by atoms with E-state index < -0.39 is 0 Å². The molecule has 1 aromatic heterocycles. The molecule has 3 aromatic rings. The summed E-state index contributed by atoms with van der Waals surface area (Å²) in [6.07, 6.45) is 0. The van der Waals surface area contributed by atoms with Gasteiger partial charge in [-0.05, 0) is 59.8 Å². The van der Waals surface area contributed by atoms with Crippen molar-refractivity contribution in [3.63, 3.8) is 0 Å². The van der Waals surface area contributed by atoms with E-state index in [1.165, 1.54) is 30.9 Å². The Bertz CT molecular complexity index is 639. The molecule has 1 heterocycles. The Morgan fingerprint density at radius 2 is 1.56 bits per heavy atom. The Balaban J connectivity index is 2.60. The maximum Gasteiger partial charge on any atom is 0.0646 e. The van der Waals surface area contributed by atoms with E-state index in [1.54, 1.807) is 0 Å². The first kappa shape index (κ1) is 10.8. The van der Waals surface area contributed by atoms with Crippen molar-refractivity contribution in [3.05, 3.63) is 45.5 Å². The zero-order chi connectivity index (χ0) is 11.3. The van der Waals surface area contributed by atoms with Crippen LogP contribution in [0.2, 0.25) is 0 Å². The molecule has 16 heavy (non-hydrogen) atoms. The van der Waals surface area contributed by atoms with E-state index in [9.17, 15) is 0 Å². The minimum Gasteiger partial charge on any atom is -0.282 e. The lowest BCUT2D eigenvalue weighted by Crippen LogP contribution is -1.77. The van der Waals surface area contributed by atoms with E-state index in [0.717, 1.165) is 0 Å². The molecule has 3 heteroatoms. The Kier molecular flexibility index (Phi) is 2.62. The van der Waals surface area contributed by atoms with Crippen LogP contribution in [-0.2, 0) is 0 Å². The summed E-state index contributed by atoms with van der Waals surface area (Å²) in [6, 6.07) is 13.2. The molecule has 0 aliphatic heterocycles. The second kappa shape index (κ2) is 3.87. The van der Waals surface area contributed by atoms with Crippen LogP contribution >= 0.6 is 45.5 Å². The van der Waals surface area contributed by atoms with Crippen LogP contribution in [0.3, 0.4) is 0 Å². The summed E-state index contributed by atoms with van der Waals surface area (Å²) in [6.45, 7) is 2.14. The monoisotopic (exact) mass is 433 g/mol. The maximum atomic E-state index is 2.37. The van der Waals surface area contributed by atoms with Gasteiger partial charge in [-0.25, -0.2) is 0 Å². The van der Waals surface area contributed by atoms with Crippen LogP contribution < -0.4 is 0 Å². The van der Waals surface area contributed by atoms with Crippen LogP contribution in [0.1, 0.15) is 5.56 Å². The molecule has 0 radical (unpaired) electrons. The normalized spacial score (nSPS) is 11.4. The lowest BCUT2D eigenvalue weighted by atomic mass is 10.1. The van der Waals surface area contributed by atoms with Crippen molar-refractivity contribution < 1.29 is 0 Å². The predicted octanol–water partition coefficient (Wildman–Crippen LogP) is 4.91. The lowest BCUT2D eigenvalue weighted by Gasteiger charge is -1.95. The number of benzene rings is 2. The Labute approximate surface area is 121 Å². The highest BCUT2D eigenvalue weighted by atomic mass is 127. The number of aryl methyl sites for hydroxylation is 1. The zero-order valence-corrected chi connectivity index (χ0v) is 13.0. The number of aromatic nitrogens is 1. The second-order valence-electron chi connectivity index (χ2n) is 3.96. The van der Waals surface area contributed by atoms with Crippen LogP contribution in [0.4, 0.5) is 0 Å². The summed E-state index contributed by atoms with van der Waals surface area (Å²) in [4.78, 5) is 0. The third kappa shape index (κ3) is 1.55. The number of hydrogen-bond acceptors (Lipinski definition) is 0. The number of fused-ring (bicyclic) bond motifs is 3. The van der Waals surface area contributed by atoms with Gasteiger partial charge in [0, 0.05) is 14.3 Å². The van der Waals surface area contributed by atoms with Gasteiger partial charge in [0.25, 0.3) is 0 Å². The molecule has 2 aromatic carbocycles. The quantitative estimate of drug-likeness (QED) is 0.445. The average Bonchev–Trinajstić information content (AvgIpc) is 2.52. The minimum atomic E-state index is 1.29.